The lowest BCUT2D eigenvalue weighted by molar-refractivity contribution is -0.266. The molecule has 0 unspecified atom stereocenters. The summed E-state index contributed by atoms with van der Waals surface area (Å²) in [6.07, 6.45) is -4.41. The van der Waals surface area contributed by atoms with Crippen molar-refractivity contribution in [2.75, 3.05) is 7.11 Å². The van der Waals surface area contributed by atoms with E-state index in [1.165, 1.54) is 21.0 Å². The van der Waals surface area contributed by atoms with Gasteiger partial charge in [0.1, 0.15) is 5.75 Å². The minimum Gasteiger partial charge on any atom is -0.467 e. The zero-order valence-corrected chi connectivity index (χ0v) is 16.1. The number of aliphatic hydroxyl groups excluding tert-OH is 1. The van der Waals surface area contributed by atoms with Crippen LogP contribution >= 0.6 is 0 Å². The van der Waals surface area contributed by atoms with Crippen molar-refractivity contribution >= 4 is 17.9 Å². The normalized spacial score (nSPS) is 26.8. The first-order valence-corrected chi connectivity index (χ1v) is 8.71. The SMILES string of the molecule is COC(=O)[C@H]1O[C@@H](Oc2ccc(CO)cc2)[C@H](OC(C)=O)[C@@H](OC(C)=O)[C@@H]1C. The summed E-state index contributed by atoms with van der Waals surface area (Å²) in [6.45, 7) is 3.91. The van der Waals surface area contributed by atoms with Gasteiger partial charge in [-0.05, 0) is 17.7 Å². The monoisotopic (exact) mass is 396 g/mol. The molecular weight excluding hydrogens is 372 g/mol. The zero-order valence-electron chi connectivity index (χ0n) is 16.1. The maximum Gasteiger partial charge on any atom is 0.335 e. The zero-order chi connectivity index (χ0) is 20.8. The molecule has 1 aliphatic heterocycles. The Morgan fingerprint density at radius 2 is 1.61 bits per heavy atom. The molecule has 0 spiro atoms. The van der Waals surface area contributed by atoms with Crippen LogP contribution in [0.4, 0.5) is 0 Å². The van der Waals surface area contributed by atoms with Crippen LogP contribution in [0.2, 0.25) is 0 Å². The molecule has 1 saturated heterocycles. The van der Waals surface area contributed by atoms with Gasteiger partial charge >= 0.3 is 17.9 Å². The first kappa shape index (κ1) is 21.6. The molecule has 9 nitrogen and oxygen atoms in total. The molecule has 0 aromatic heterocycles. The summed E-state index contributed by atoms with van der Waals surface area (Å²) in [7, 11) is 1.21. The van der Waals surface area contributed by atoms with Crippen molar-refractivity contribution in [1.29, 1.82) is 0 Å². The minimum atomic E-state index is -1.23. The number of carbonyl (C=O) groups is 3. The van der Waals surface area contributed by atoms with E-state index in [-0.39, 0.29) is 6.61 Å². The Morgan fingerprint density at radius 3 is 2.11 bits per heavy atom. The average molecular weight is 396 g/mol. The number of carbonyl (C=O) groups excluding carboxylic acids is 3. The predicted octanol–water partition coefficient (Wildman–Crippen LogP) is 0.955. The molecule has 1 N–H and O–H groups in total. The molecule has 1 heterocycles. The van der Waals surface area contributed by atoms with Crippen LogP contribution in [0.1, 0.15) is 26.3 Å². The maximum absolute atomic E-state index is 12.1. The summed E-state index contributed by atoms with van der Waals surface area (Å²) in [4.78, 5) is 35.3. The van der Waals surface area contributed by atoms with Crippen LogP contribution in [0.5, 0.6) is 5.75 Å². The summed E-state index contributed by atoms with van der Waals surface area (Å²) in [5, 5.41) is 9.14. The van der Waals surface area contributed by atoms with Crippen molar-refractivity contribution in [3.8, 4) is 5.75 Å². The van der Waals surface area contributed by atoms with Crippen LogP contribution in [0.25, 0.3) is 0 Å². The van der Waals surface area contributed by atoms with Crippen molar-refractivity contribution < 1.29 is 43.2 Å². The van der Waals surface area contributed by atoms with E-state index in [9.17, 15) is 14.4 Å². The molecule has 2 rings (SSSR count). The van der Waals surface area contributed by atoms with Gasteiger partial charge in [0.25, 0.3) is 0 Å². The molecule has 0 bridgehead atoms. The molecular formula is C19H24O9. The highest BCUT2D eigenvalue weighted by molar-refractivity contribution is 5.75. The Hall–Kier alpha value is -2.65. The fraction of sp³-hybridized carbons (Fsp3) is 0.526. The highest BCUT2D eigenvalue weighted by Crippen LogP contribution is 2.32. The van der Waals surface area contributed by atoms with Crippen LogP contribution in [-0.2, 0) is 39.9 Å². The largest absolute Gasteiger partial charge is 0.467 e. The van der Waals surface area contributed by atoms with Gasteiger partial charge in [-0.25, -0.2) is 4.79 Å². The lowest BCUT2D eigenvalue weighted by Gasteiger charge is -2.42. The van der Waals surface area contributed by atoms with E-state index in [4.69, 9.17) is 28.8 Å². The van der Waals surface area contributed by atoms with E-state index in [0.29, 0.717) is 11.3 Å². The number of esters is 3. The quantitative estimate of drug-likeness (QED) is 0.554. The molecule has 1 aliphatic rings. The van der Waals surface area contributed by atoms with Crippen LogP contribution < -0.4 is 4.74 Å². The minimum absolute atomic E-state index is 0.132. The molecule has 0 aliphatic carbocycles. The molecule has 154 valence electrons. The number of rotatable bonds is 6. The molecule has 28 heavy (non-hydrogen) atoms. The fourth-order valence-corrected chi connectivity index (χ4v) is 2.94. The molecule has 1 fully saturated rings. The summed E-state index contributed by atoms with van der Waals surface area (Å²) in [6, 6.07) is 6.46. The fourth-order valence-electron chi connectivity index (χ4n) is 2.94. The molecule has 5 atom stereocenters. The topological polar surface area (TPSA) is 118 Å². The number of hydrogen-bond acceptors (Lipinski definition) is 9. The smallest absolute Gasteiger partial charge is 0.335 e. The van der Waals surface area contributed by atoms with Gasteiger partial charge in [0, 0.05) is 19.8 Å². The van der Waals surface area contributed by atoms with Crippen molar-refractivity contribution in [3.63, 3.8) is 0 Å². The first-order chi connectivity index (χ1) is 13.3. The maximum atomic E-state index is 12.1. The highest BCUT2D eigenvalue weighted by Gasteiger charge is 2.51. The standard InChI is InChI=1S/C19H24O9/c1-10-15(25-11(2)21)17(26-12(3)22)19(28-16(10)18(23)24-4)27-14-7-5-13(9-20)6-8-14/h5-8,10,15-17,19-20H,9H2,1-4H3/t10-,15-,16-,17+,19+/m0/s1. The van der Waals surface area contributed by atoms with E-state index in [1.54, 1.807) is 31.2 Å². The predicted molar refractivity (Wildman–Crippen MR) is 93.9 cm³/mol. The Bertz CT molecular complexity index is 700. The second-order valence-corrected chi connectivity index (χ2v) is 6.38. The lowest BCUT2D eigenvalue weighted by Crippen LogP contribution is -2.60. The summed E-state index contributed by atoms with van der Waals surface area (Å²) < 4.78 is 26.9. The average Bonchev–Trinajstić information content (AvgIpc) is 2.66. The third-order valence-corrected chi connectivity index (χ3v) is 4.26. The third-order valence-electron chi connectivity index (χ3n) is 4.26. The van der Waals surface area contributed by atoms with Crippen LogP contribution in [-0.4, -0.2) is 54.7 Å². The first-order valence-electron chi connectivity index (χ1n) is 8.71. The Kier molecular flexibility index (Phi) is 7.36. The van der Waals surface area contributed by atoms with E-state index >= 15 is 0 Å². The van der Waals surface area contributed by atoms with Gasteiger partial charge in [0.15, 0.2) is 12.2 Å². The van der Waals surface area contributed by atoms with Crippen LogP contribution in [0.15, 0.2) is 24.3 Å². The second kappa shape index (κ2) is 9.52. The van der Waals surface area contributed by atoms with Gasteiger partial charge in [-0.2, -0.15) is 0 Å². The van der Waals surface area contributed by atoms with Gasteiger partial charge in [0.05, 0.1) is 13.7 Å². The van der Waals surface area contributed by atoms with E-state index in [2.05, 4.69) is 0 Å². The van der Waals surface area contributed by atoms with Gasteiger partial charge < -0.3 is 28.8 Å². The summed E-state index contributed by atoms with van der Waals surface area (Å²) in [5.41, 5.74) is 0.673. The second-order valence-electron chi connectivity index (χ2n) is 6.38. The summed E-state index contributed by atoms with van der Waals surface area (Å²) in [5.74, 6) is -2.21. The Balaban J connectivity index is 2.35. The van der Waals surface area contributed by atoms with Gasteiger partial charge in [-0.3, -0.25) is 9.59 Å². The van der Waals surface area contributed by atoms with Crippen LogP contribution in [0.3, 0.4) is 0 Å². The van der Waals surface area contributed by atoms with E-state index in [0.717, 1.165) is 0 Å². The number of benzene rings is 1. The third kappa shape index (κ3) is 5.20. The molecule has 0 amide bonds. The van der Waals surface area contributed by atoms with Gasteiger partial charge in [0.2, 0.25) is 12.4 Å². The van der Waals surface area contributed by atoms with Crippen molar-refractivity contribution in [1.82, 2.24) is 0 Å². The van der Waals surface area contributed by atoms with E-state index < -0.39 is 48.4 Å². The highest BCUT2D eigenvalue weighted by atomic mass is 16.7. The van der Waals surface area contributed by atoms with Gasteiger partial charge in [-0.15, -0.1) is 0 Å². The molecule has 0 radical (unpaired) electrons. The molecule has 9 heteroatoms. The number of ether oxygens (including phenoxy) is 5. The van der Waals surface area contributed by atoms with Crippen molar-refractivity contribution in [3.05, 3.63) is 29.8 Å². The number of hydrogen-bond donors (Lipinski definition) is 1. The Morgan fingerprint density at radius 1 is 1.04 bits per heavy atom. The van der Waals surface area contributed by atoms with Gasteiger partial charge in [-0.1, -0.05) is 19.1 Å². The molecule has 1 aromatic rings. The van der Waals surface area contributed by atoms with Crippen molar-refractivity contribution in [2.45, 2.75) is 52.0 Å². The molecule has 1 aromatic carbocycles. The van der Waals surface area contributed by atoms with Crippen LogP contribution in [0, 0.1) is 5.92 Å². The molecule has 0 saturated carbocycles. The lowest BCUT2D eigenvalue weighted by atomic mass is 9.90. The van der Waals surface area contributed by atoms with E-state index in [1.807, 2.05) is 0 Å². The van der Waals surface area contributed by atoms with Crippen molar-refractivity contribution in [2.24, 2.45) is 5.92 Å². The number of aliphatic hydroxyl groups is 1. The summed E-state index contributed by atoms with van der Waals surface area (Å²) >= 11 is 0. The number of methoxy groups -OCH3 is 1. The Labute approximate surface area is 162 Å².